The van der Waals surface area contributed by atoms with Crippen molar-refractivity contribution < 1.29 is 13.2 Å². The van der Waals surface area contributed by atoms with Gasteiger partial charge in [0.05, 0.1) is 10.9 Å². The molecule has 5 nitrogen and oxygen atoms in total. The van der Waals surface area contributed by atoms with Crippen LogP contribution in [0.25, 0.3) is 0 Å². The van der Waals surface area contributed by atoms with E-state index in [1.165, 1.54) is 0 Å². The van der Waals surface area contributed by atoms with Gasteiger partial charge in [-0.1, -0.05) is 40.2 Å². The van der Waals surface area contributed by atoms with Crippen molar-refractivity contribution in [3.05, 3.63) is 64.1 Å². The molecule has 0 aliphatic carbocycles. The maximum absolute atomic E-state index is 12.3. The Morgan fingerprint density at radius 1 is 1.11 bits per heavy atom. The van der Waals surface area contributed by atoms with E-state index in [1.54, 1.807) is 45.0 Å². The average molecular weight is 467 g/mol. The van der Waals surface area contributed by atoms with E-state index in [4.69, 9.17) is 0 Å². The summed E-state index contributed by atoms with van der Waals surface area (Å²) in [5, 5.41) is 2.99. The first-order valence-corrected chi connectivity index (χ1v) is 11.4. The third kappa shape index (κ3) is 7.04. The normalized spacial score (nSPS) is 13.2. The molecule has 2 N–H and O–H groups in total. The van der Waals surface area contributed by atoms with E-state index < -0.39 is 15.6 Å². The first-order chi connectivity index (χ1) is 13.0. The van der Waals surface area contributed by atoms with Crippen LogP contribution in [0.15, 0.2) is 57.9 Å². The monoisotopic (exact) mass is 466 g/mol. The minimum atomic E-state index is -3.55. The van der Waals surface area contributed by atoms with Crippen LogP contribution in [0.3, 0.4) is 0 Å². The zero-order chi connectivity index (χ0) is 20.9. The second kappa shape index (κ2) is 9.20. The molecule has 0 aliphatic heterocycles. The first-order valence-electron chi connectivity index (χ1n) is 9.14. The molecule has 1 amide bonds. The number of hydrogen-bond donors (Lipinski definition) is 2. The molecule has 2 aromatic carbocycles. The highest BCUT2D eigenvalue weighted by Gasteiger charge is 2.21. The fraction of sp³-hybridized carbons (Fsp3) is 0.381. The summed E-state index contributed by atoms with van der Waals surface area (Å²) >= 11 is 3.43. The van der Waals surface area contributed by atoms with Crippen LogP contribution in [-0.4, -0.2) is 19.9 Å². The van der Waals surface area contributed by atoms with Gasteiger partial charge in [0.1, 0.15) is 0 Å². The molecule has 0 aromatic heterocycles. The highest BCUT2D eigenvalue weighted by molar-refractivity contribution is 9.10. The summed E-state index contributed by atoms with van der Waals surface area (Å²) in [4.78, 5) is 12.5. The number of benzene rings is 2. The molecule has 7 heteroatoms. The smallest absolute Gasteiger partial charge is 0.241 e. The molecule has 152 valence electrons. The number of hydrogen-bond acceptors (Lipinski definition) is 3. The van der Waals surface area contributed by atoms with Gasteiger partial charge in [-0.15, -0.1) is 0 Å². The van der Waals surface area contributed by atoms with Gasteiger partial charge < -0.3 is 5.32 Å². The lowest BCUT2D eigenvalue weighted by Crippen LogP contribution is -2.40. The Morgan fingerprint density at radius 3 is 2.32 bits per heavy atom. The van der Waals surface area contributed by atoms with E-state index in [9.17, 15) is 13.2 Å². The van der Waals surface area contributed by atoms with Crippen LogP contribution in [0.5, 0.6) is 0 Å². The molecule has 0 radical (unpaired) electrons. The summed E-state index contributed by atoms with van der Waals surface area (Å²) in [6.45, 7) is 7.34. The highest BCUT2D eigenvalue weighted by Crippen LogP contribution is 2.18. The third-order valence-corrected chi connectivity index (χ3v) is 6.31. The Labute approximate surface area is 176 Å². The lowest BCUT2D eigenvalue weighted by atomic mass is 10.1. The highest BCUT2D eigenvalue weighted by atomic mass is 79.9. The topological polar surface area (TPSA) is 75.3 Å². The largest absolute Gasteiger partial charge is 0.350 e. The molecule has 1 unspecified atom stereocenters. The van der Waals surface area contributed by atoms with Gasteiger partial charge in [0, 0.05) is 16.4 Å². The third-order valence-electron chi connectivity index (χ3n) is 4.04. The van der Waals surface area contributed by atoms with Gasteiger partial charge >= 0.3 is 0 Å². The average Bonchev–Trinajstić information content (AvgIpc) is 2.58. The van der Waals surface area contributed by atoms with Crippen molar-refractivity contribution in [1.29, 1.82) is 0 Å². The van der Waals surface area contributed by atoms with E-state index in [2.05, 4.69) is 26.0 Å². The Kier molecular flexibility index (Phi) is 7.42. The van der Waals surface area contributed by atoms with E-state index in [0.717, 1.165) is 15.6 Å². The number of carbonyl (C=O) groups excluding carboxylic acids is 1. The van der Waals surface area contributed by atoms with Crippen LogP contribution in [-0.2, 0) is 21.2 Å². The molecular formula is C21H27BrN2O3S. The minimum Gasteiger partial charge on any atom is -0.350 e. The van der Waals surface area contributed by atoms with Crippen LogP contribution in [0.4, 0.5) is 0 Å². The number of aryl methyl sites for hydroxylation is 1. The number of carbonyl (C=O) groups is 1. The van der Waals surface area contributed by atoms with Crippen molar-refractivity contribution in [2.45, 2.75) is 57.0 Å². The molecule has 2 aromatic rings. The van der Waals surface area contributed by atoms with Crippen molar-refractivity contribution in [3.8, 4) is 0 Å². The minimum absolute atomic E-state index is 0.0430. The number of rotatable bonds is 7. The van der Waals surface area contributed by atoms with Gasteiger partial charge in [-0.3, -0.25) is 4.79 Å². The molecular weight excluding hydrogens is 440 g/mol. The lowest BCUT2D eigenvalue weighted by Gasteiger charge is -2.20. The van der Waals surface area contributed by atoms with Crippen LogP contribution >= 0.6 is 15.9 Å². The van der Waals surface area contributed by atoms with E-state index in [1.807, 2.05) is 31.2 Å². The zero-order valence-corrected chi connectivity index (χ0v) is 19.0. The summed E-state index contributed by atoms with van der Waals surface area (Å²) in [6.07, 6.45) is 0.884. The Hall–Kier alpha value is -1.70. The molecule has 0 aliphatic rings. The van der Waals surface area contributed by atoms with E-state index >= 15 is 0 Å². The standard InChI is InChI=1S/C21H27BrN2O3S/c1-15(17-6-5-7-18(22)14-17)23-20(25)13-10-16-8-11-19(12-9-16)28(26,27)24-21(2,3)4/h5-9,11-12,14-15,24H,10,13H2,1-4H3,(H,23,25). The van der Waals surface area contributed by atoms with Crippen molar-refractivity contribution in [2.24, 2.45) is 0 Å². The van der Waals surface area contributed by atoms with Crippen LogP contribution in [0.1, 0.15) is 51.3 Å². The van der Waals surface area contributed by atoms with E-state index in [0.29, 0.717) is 12.8 Å². The maximum atomic E-state index is 12.3. The van der Waals surface area contributed by atoms with Gasteiger partial charge in [-0.05, 0) is 69.5 Å². The number of halogens is 1. The second-order valence-electron chi connectivity index (χ2n) is 7.84. The molecule has 0 bridgehead atoms. The molecule has 0 spiro atoms. The summed E-state index contributed by atoms with van der Waals surface area (Å²) in [6, 6.07) is 14.4. The second-order valence-corrected chi connectivity index (χ2v) is 10.4. The molecule has 0 saturated carbocycles. The zero-order valence-electron chi connectivity index (χ0n) is 16.6. The van der Waals surface area contributed by atoms with Gasteiger partial charge in [0.15, 0.2) is 0 Å². The van der Waals surface area contributed by atoms with Crippen LogP contribution in [0.2, 0.25) is 0 Å². The molecule has 0 saturated heterocycles. The van der Waals surface area contributed by atoms with E-state index in [-0.39, 0.29) is 16.8 Å². The molecule has 2 rings (SSSR count). The number of nitrogens with one attached hydrogen (secondary N) is 2. The molecule has 0 heterocycles. The molecule has 0 fully saturated rings. The fourth-order valence-corrected chi connectivity index (χ4v) is 4.56. The van der Waals surface area contributed by atoms with Crippen molar-refractivity contribution in [3.63, 3.8) is 0 Å². The fourth-order valence-electron chi connectivity index (χ4n) is 2.73. The summed E-state index contributed by atoms with van der Waals surface area (Å²) < 4.78 is 28.3. The van der Waals surface area contributed by atoms with Crippen molar-refractivity contribution in [2.75, 3.05) is 0 Å². The summed E-state index contributed by atoms with van der Waals surface area (Å²) in [5.74, 6) is -0.0430. The number of sulfonamides is 1. The predicted molar refractivity (Wildman–Crippen MR) is 116 cm³/mol. The first kappa shape index (κ1) is 22.6. The van der Waals surface area contributed by atoms with Gasteiger partial charge in [-0.2, -0.15) is 0 Å². The summed E-state index contributed by atoms with van der Waals surface area (Å²) in [7, 11) is -3.55. The lowest BCUT2D eigenvalue weighted by molar-refractivity contribution is -0.121. The molecule has 1 atom stereocenters. The maximum Gasteiger partial charge on any atom is 0.241 e. The predicted octanol–water partition coefficient (Wildman–Crippen LogP) is 4.34. The van der Waals surface area contributed by atoms with Crippen molar-refractivity contribution >= 4 is 31.9 Å². The van der Waals surface area contributed by atoms with Crippen molar-refractivity contribution in [1.82, 2.24) is 10.0 Å². The van der Waals surface area contributed by atoms with Gasteiger partial charge in [0.25, 0.3) is 0 Å². The SMILES string of the molecule is CC(NC(=O)CCc1ccc(S(=O)(=O)NC(C)(C)C)cc1)c1cccc(Br)c1. The number of amides is 1. The van der Waals surface area contributed by atoms with Crippen LogP contribution in [0, 0.1) is 0 Å². The summed E-state index contributed by atoms with van der Waals surface area (Å²) in [5.41, 5.74) is 1.41. The Bertz CT molecular complexity index is 919. The Balaban J connectivity index is 1.91. The quantitative estimate of drug-likeness (QED) is 0.637. The van der Waals surface area contributed by atoms with Crippen LogP contribution < -0.4 is 10.0 Å². The molecule has 28 heavy (non-hydrogen) atoms. The van der Waals surface area contributed by atoms with Gasteiger partial charge in [0.2, 0.25) is 15.9 Å². The Morgan fingerprint density at radius 2 is 1.75 bits per heavy atom. The van der Waals surface area contributed by atoms with Gasteiger partial charge in [-0.25, -0.2) is 13.1 Å².